The lowest BCUT2D eigenvalue weighted by Crippen LogP contribution is -2.41. The number of carbonyl (C=O) groups excluding carboxylic acids is 1. The lowest BCUT2D eigenvalue weighted by molar-refractivity contribution is -0.129. The van der Waals surface area contributed by atoms with Crippen molar-refractivity contribution in [2.75, 3.05) is 7.05 Å². The highest BCUT2D eigenvalue weighted by atomic mass is 19.3. The maximum atomic E-state index is 14.7. The summed E-state index contributed by atoms with van der Waals surface area (Å²) in [7, 11) is 1.49. The van der Waals surface area contributed by atoms with Gasteiger partial charge in [0.15, 0.2) is 11.5 Å². The highest BCUT2D eigenvalue weighted by Gasteiger charge is 2.49. The average Bonchev–Trinajstić information content (AvgIpc) is 3.51. The van der Waals surface area contributed by atoms with Gasteiger partial charge in [0.1, 0.15) is 11.6 Å². The van der Waals surface area contributed by atoms with E-state index in [1.165, 1.54) is 36.2 Å². The van der Waals surface area contributed by atoms with Gasteiger partial charge in [0, 0.05) is 12.6 Å². The number of ether oxygens (including phenoxy) is 1. The average molecular weight is 415 g/mol. The number of alkyl halides is 2. The van der Waals surface area contributed by atoms with Gasteiger partial charge in [-0.3, -0.25) is 9.69 Å². The molecule has 2 aromatic carbocycles. The minimum atomic E-state index is -2.96. The number of carbonyl (C=O) groups is 1. The minimum Gasteiger partial charge on any atom is -0.435 e. The van der Waals surface area contributed by atoms with E-state index >= 15 is 0 Å². The molecule has 2 aromatic rings. The normalized spacial score (nSPS) is 21.9. The standard InChI is InChI=1S/C22H20F3N3O2/c1-28-19(29)22(27-21(28)26,15-7-9-17(10-8-15)30-20(24)25)16-4-2-3-14(12-16)18(23)11-13-5-6-13/h2-4,7-13,20H,5-6H2,1H3,(H2,26,27)/b18-11-. The Kier molecular flexibility index (Phi) is 5.01. The summed E-state index contributed by atoms with van der Waals surface area (Å²) in [5.74, 6) is -0.575. The number of rotatable bonds is 6. The van der Waals surface area contributed by atoms with Gasteiger partial charge in [-0.1, -0.05) is 30.3 Å². The van der Waals surface area contributed by atoms with Crippen LogP contribution in [0, 0.1) is 5.92 Å². The number of nitrogens with zero attached hydrogens (tertiary/aromatic N) is 2. The van der Waals surface area contributed by atoms with Crippen LogP contribution in [0.4, 0.5) is 13.2 Å². The second-order valence-corrected chi connectivity index (χ2v) is 7.38. The third-order valence-corrected chi connectivity index (χ3v) is 5.30. The van der Waals surface area contributed by atoms with E-state index in [1.807, 2.05) is 0 Å². The summed E-state index contributed by atoms with van der Waals surface area (Å²) in [5.41, 5.74) is 5.57. The molecule has 1 saturated carbocycles. The molecular formula is C22H20F3N3O2. The fourth-order valence-corrected chi connectivity index (χ4v) is 3.52. The molecule has 0 radical (unpaired) electrons. The Bertz CT molecular complexity index is 1030. The van der Waals surface area contributed by atoms with Crippen molar-refractivity contribution < 1.29 is 22.7 Å². The van der Waals surface area contributed by atoms with Crippen LogP contribution in [-0.2, 0) is 10.3 Å². The number of likely N-dealkylation sites (N-methyl/N-ethyl adjacent to an activating group) is 1. The molecule has 1 aliphatic carbocycles. The van der Waals surface area contributed by atoms with Crippen molar-refractivity contribution in [3.8, 4) is 5.75 Å². The van der Waals surface area contributed by atoms with Crippen LogP contribution in [0.15, 0.2) is 59.6 Å². The highest BCUT2D eigenvalue weighted by molar-refractivity contribution is 6.09. The molecule has 5 nitrogen and oxygen atoms in total. The molecule has 156 valence electrons. The molecule has 1 aliphatic heterocycles. The molecule has 0 bridgehead atoms. The molecule has 8 heteroatoms. The van der Waals surface area contributed by atoms with E-state index in [1.54, 1.807) is 30.3 Å². The van der Waals surface area contributed by atoms with Gasteiger partial charge in [0.05, 0.1) is 0 Å². The number of benzene rings is 2. The van der Waals surface area contributed by atoms with Crippen LogP contribution in [0.3, 0.4) is 0 Å². The van der Waals surface area contributed by atoms with Crippen molar-refractivity contribution in [3.05, 3.63) is 71.3 Å². The van der Waals surface area contributed by atoms with E-state index in [-0.39, 0.29) is 23.5 Å². The van der Waals surface area contributed by atoms with Gasteiger partial charge in [-0.15, -0.1) is 0 Å². The Hall–Kier alpha value is -3.29. The Morgan fingerprint density at radius 2 is 1.93 bits per heavy atom. The number of nitrogens with two attached hydrogens (primary N) is 1. The summed E-state index contributed by atoms with van der Waals surface area (Å²) in [6.45, 7) is -2.96. The zero-order valence-electron chi connectivity index (χ0n) is 16.2. The maximum absolute atomic E-state index is 14.7. The summed E-state index contributed by atoms with van der Waals surface area (Å²) in [4.78, 5) is 18.9. The number of guanidine groups is 1. The molecule has 2 aliphatic rings. The number of allylic oxidation sites excluding steroid dienone is 1. The molecule has 0 aromatic heterocycles. The van der Waals surface area contributed by atoms with Gasteiger partial charge in [-0.25, -0.2) is 9.38 Å². The zero-order chi connectivity index (χ0) is 21.5. The quantitative estimate of drug-likeness (QED) is 0.774. The predicted octanol–water partition coefficient (Wildman–Crippen LogP) is 4.04. The van der Waals surface area contributed by atoms with Crippen LogP contribution in [0.25, 0.3) is 5.83 Å². The fraction of sp³-hybridized carbons (Fsp3) is 0.273. The molecule has 30 heavy (non-hydrogen) atoms. The zero-order valence-corrected chi connectivity index (χ0v) is 16.2. The SMILES string of the molecule is CN1C(=O)C(c2ccc(OC(F)F)cc2)(c2cccc(/C(F)=C/C3CC3)c2)N=C1N. The molecule has 4 rings (SSSR count). The highest BCUT2D eigenvalue weighted by Crippen LogP contribution is 2.41. The van der Waals surface area contributed by atoms with Crippen molar-refractivity contribution in [3.63, 3.8) is 0 Å². The number of hydrogen-bond donors (Lipinski definition) is 1. The van der Waals surface area contributed by atoms with Crippen LogP contribution in [0.5, 0.6) is 5.75 Å². The van der Waals surface area contributed by atoms with Crippen LogP contribution >= 0.6 is 0 Å². The van der Waals surface area contributed by atoms with E-state index in [2.05, 4.69) is 9.73 Å². The summed E-state index contributed by atoms with van der Waals surface area (Å²) in [6, 6.07) is 12.1. The van der Waals surface area contributed by atoms with Gasteiger partial charge < -0.3 is 10.5 Å². The third-order valence-electron chi connectivity index (χ3n) is 5.30. The van der Waals surface area contributed by atoms with Gasteiger partial charge in [0.2, 0.25) is 0 Å². The molecule has 2 N–H and O–H groups in total. The summed E-state index contributed by atoms with van der Waals surface area (Å²) in [5, 5.41) is 0. The number of halogens is 3. The third kappa shape index (κ3) is 3.53. The Morgan fingerprint density at radius 3 is 2.50 bits per heavy atom. The first kappa shape index (κ1) is 20.0. The Labute approximate surface area is 171 Å². The van der Waals surface area contributed by atoms with Gasteiger partial charge in [0.25, 0.3) is 5.91 Å². The molecule has 1 heterocycles. The first-order chi connectivity index (χ1) is 14.3. The first-order valence-electron chi connectivity index (χ1n) is 9.48. The van der Waals surface area contributed by atoms with E-state index in [9.17, 15) is 18.0 Å². The second kappa shape index (κ2) is 7.51. The van der Waals surface area contributed by atoms with Crippen molar-refractivity contribution in [1.29, 1.82) is 0 Å². The van der Waals surface area contributed by atoms with Crippen molar-refractivity contribution in [1.82, 2.24) is 4.90 Å². The second-order valence-electron chi connectivity index (χ2n) is 7.38. The Morgan fingerprint density at radius 1 is 1.23 bits per heavy atom. The summed E-state index contributed by atoms with van der Waals surface area (Å²) in [6.07, 6.45) is 3.52. The summed E-state index contributed by atoms with van der Waals surface area (Å²) < 4.78 is 44.0. The molecule has 0 spiro atoms. The monoisotopic (exact) mass is 415 g/mol. The topological polar surface area (TPSA) is 67.9 Å². The largest absolute Gasteiger partial charge is 0.435 e. The number of amides is 1. The van der Waals surface area contributed by atoms with E-state index in [0.717, 1.165) is 12.8 Å². The van der Waals surface area contributed by atoms with Gasteiger partial charge in [-0.2, -0.15) is 8.78 Å². The van der Waals surface area contributed by atoms with Gasteiger partial charge in [-0.05, 0) is 54.2 Å². The Balaban J connectivity index is 1.81. The number of hydrogen-bond acceptors (Lipinski definition) is 4. The molecule has 1 fully saturated rings. The van der Waals surface area contributed by atoms with Crippen molar-refractivity contribution in [2.24, 2.45) is 16.6 Å². The van der Waals surface area contributed by atoms with Crippen LogP contribution in [0.2, 0.25) is 0 Å². The molecule has 1 unspecified atom stereocenters. The molecule has 1 atom stereocenters. The maximum Gasteiger partial charge on any atom is 0.387 e. The lowest BCUT2D eigenvalue weighted by Gasteiger charge is -2.26. The van der Waals surface area contributed by atoms with E-state index in [0.29, 0.717) is 16.7 Å². The molecular weight excluding hydrogens is 395 g/mol. The van der Waals surface area contributed by atoms with Crippen LogP contribution < -0.4 is 10.5 Å². The van der Waals surface area contributed by atoms with Crippen LogP contribution in [0.1, 0.15) is 29.5 Å². The van der Waals surface area contributed by atoms with E-state index < -0.39 is 18.1 Å². The predicted molar refractivity (Wildman–Crippen MR) is 106 cm³/mol. The van der Waals surface area contributed by atoms with E-state index in [4.69, 9.17) is 5.73 Å². The van der Waals surface area contributed by atoms with Crippen LogP contribution in [-0.4, -0.2) is 30.4 Å². The number of aliphatic imine (C=N–C) groups is 1. The lowest BCUT2D eigenvalue weighted by atomic mass is 9.82. The van der Waals surface area contributed by atoms with Gasteiger partial charge >= 0.3 is 6.61 Å². The summed E-state index contributed by atoms with van der Waals surface area (Å²) >= 11 is 0. The fourth-order valence-electron chi connectivity index (χ4n) is 3.52. The smallest absolute Gasteiger partial charge is 0.387 e. The van der Waals surface area contributed by atoms with Crippen molar-refractivity contribution in [2.45, 2.75) is 25.0 Å². The molecule has 1 amide bonds. The molecule has 0 saturated heterocycles. The first-order valence-corrected chi connectivity index (χ1v) is 9.48. The minimum absolute atomic E-state index is 0.00676. The van der Waals surface area contributed by atoms with Crippen molar-refractivity contribution >= 4 is 17.7 Å².